The molecule has 1 fully saturated rings. The minimum absolute atomic E-state index is 0.208. The molecule has 0 aromatic heterocycles. The molecule has 0 unspecified atom stereocenters. The maximum Gasteiger partial charge on any atom is 0.302 e. The Morgan fingerprint density at radius 1 is 1.71 bits per heavy atom. The SMILES string of the molecule is C=CN1CCCC1=O.CCOC(C)=O. The molecule has 0 spiro atoms. The third-order valence-electron chi connectivity index (χ3n) is 1.68. The van der Waals surface area contributed by atoms with Gasteiger partial charge in [-0.3, -0.25) is 9.59 Å². The van der Waals surface area contributed by atoms with Crippen molar-refractivity contribution >= 4 is 11.9 Å². The van der Waals surface area contributed by atoms with E-state index < -0.39 is 0 Å². The van der Waals surface area contributed by atoms with Gasteiger partial charge in [-0.2, -0.15) is 0 Å². The van der Waals surface area contributed by atoms with Crippen molar-refractivity contribution in [2.24, 2.45) is 0 Å². The van der Waals surface area contributed by atoms with Crippen LogP contribution < -0.4 is 0 Å². The second-order valence-corrected chi connectivity index (χ2v) is 2.80. The van der Waals surface area contributed by atoms with Crippen LogP contribution in [0.4, 0.5) is 0 Å². The van der Waals surface area contributed by atoms with Crippen molar-refractivity contribution in [3.8, 4) is 0 Å². The first-order valence-electron chi connectivity index (χ1n) is 4.67. The minimum atomic E-state index is -0.211. The molecule has 4 heteroatoms. The van der Waals surface area contributed by atoms with E-state index in [1.165, 1.54) is 6.92 Å². The highest BCUT2D eigenvalue weighted by Crippen LogP contribution is 2.08. The molecule has 1 rings (SSSR count). The Balaban J connectivity index is 0.000000255. The molecule has 4 nitrogen and oxygen atoms in total. The van der Waals surface area contributed by atoms with Gasteiger partial charge in [0, 0.05) is 19.9 Å². The van der Waals surface area contributed by atoms with Crippen LogP contribution in [0.15, 0.2) is 12.8 Å². The molecule has 14 heavy (non-hydrogen) atoms. The molecule has 1 saturated heterocycles. The monoisotopic (exact) mass is 199 g/mol. The van der Waals surface area contributed by atoms with Crippen molar-refractivity contribution in [2.45, 2.75) is 26.7 Å². The largest absolute Gasteiger partial charge is 0.466 e. The van der Waals surface area contributed by atoms with E-state index in [-0.39, 0.29) is 11.9 Å². The lowest BCUT2D eigenvalue weighted by Crippen LogP contribution is -2.16. The number of likely N-dealkylation sites (tertiary alicyclic amines) is 1. The van der Waals surface area contributed by atoms with E-state index in [4.69, 9.17) is 0 Å². The maximum absolute atomic E-state index is 10.7. The number of ether oxygens (including phenoxy) is 1. The molecule has 0 saturated carbocycles. The average molecular weight is 199 g/mol. The highest BCUT2D eigenvalue weighted by Gasteiger charge is 2.15. The van der Waals surface area contributed by atoms with Gasteiger partial charge < -0.3 is 9.64 Å². The Morgan fingerprint density at radius 2 is 2.36 bits per heavy atom. The van der Waals surface area contributed by atoms with E-state index in [0.717, 1.165) is 13.0 Å². The van der Waals surface area contributed by atoms with Gasteiger partial charge in [-0.25, -0.2) is 0 Å². The van der Waals surface area contributed by atoms with Crippen LogP contribution in [0, 0.1) is 0 Å². The quantitative estimate of drug-likeness (QED) is 0.630. The number of nitrogens with zero attached hydrogens (tertiary/aromatic N) is 1. The summed E-state index contributed by atoms with van der Waals surface area (Å²) in [5.74, 6) is -0.00231. The fraction of sp³-hybridized carbons (Fsp3) is 0.600. The summed E-state index contributed by atoms with van der Waals surface area (Å²) in [4.78, 5) is 22.1. The molecule has 0 aromatic carbocycles. The van der Waals surface area contributed by atoms with Gasteiger partial charge in [0.2, 0.25) is 5.91 Å². The van der Waals surface area contributed by atoms with Crippen LogP contribution in [0.25, 0.3) is 0 Å². The van der Waals surface area contributed by atoms with Gasteiger partial charge in [-0.15, -0.1) is 0 Å². The fourth-order valence-corrected chi connectivity index (χ4v) is 1.07. The fourth-order valence-electron chi connectivity index (χ4n) is 1.07. The Bertz CT molecular complexity index is 213. The number of amides is 1. The third kappa shape index (κ3) is 5.35. The number of rotatable bonds is 2. The molecule has 0 radical (unpaired) electrons. The molecule has 1 aliphatic rings. The molecule has 0 atom stereocenters. The van der Waals surface area contributed by atoms with Crippen LogP contribution in [-0.4, -0.2) is 29.9 Å². The first kappa shape index (κ1) is 12.7. The van der Waals surface area contributed by atoms with E-state index in [1.807, 2.05) is 0 Å². The predicted octanol–water partition coefficient (Wildman–Crippen LogP) is 1.32. The molecule has 0 aromatic rings. The maximum atomic E-state index is 10.7. The molecule has 80 valence electrons. The van der Waals surface area contributed by atoms with Crippen LogP contribution in [0.3, 0.4) is 0 Å². The average Bonchev–Trinajstić information content (AvgIpc) is 2.51. The summed E-state index contributed by atoms with van der Waals surface area (Å²) in [6, 6.07) is 0. The van der Waals surface area contributed by atoms with Gasteiger partial charge >= 0.3 is 5.97 Å². The van der Waals surface area contributed by atoms with Crippen molar-refractivity contribution in [3.05, 3.63) is 12.8 Å². The first-order chi connectivity index (χ1) is 6.61. The Kier molecular flexibility index (Phi) is 6.45. The molecule has 0 aliphatic carbocycles. The van der Waals surface area contributed by atoms with Crippen LogP contribution >= 0.6 is 0 Å². The van der Waals surface area contributed by atoms with E-state index in [9.17, 15) is 9.59 Å². The number of hydrogen-bond donors (Lipinski definition) is 0. The van der Waals surface area contributed by atoms with Crippen LogP contribution in [0.1, 0.15) is 26.7 Å². The van der Waals surface area contributed by atoms with Gasteiger partial charge in [-0.05, 0) is 19.5 Å². The summed E-state index contributed by atoms with van der Waals surface area (Å²) in [5, 5.41) is 0. The second-order valence-electron chi connectivity index (χ2n) is 2.80. The van der Waals surface area contributed by atoms with Crippen LogP contribution in [-0.2, 0) is 14.3 Å². The lowest BCUT2D eigenvalue weighted by Gasteiger charge is -2.05. The van der Waals surface area contributed by atoms with Crippen molar-refractivity contribution in [1.29, 1.82) is 0 Å². The summed E-state index contributed by atoms with van der Waals surface area (Å²) in [5.41, 5.74) is 0. The summed E-state index contributed by atoms with van der Waals surface area (Å²) >= 11 is 0. The molecule has 1 aliphatic heterocycles. The zero-order valence-electron chi connectivity index (χ0n) is 8.78. The number of carbonyl (C=O) groups is 2. The smallest absolute Gasteiger partial charge is 0.302 e. The highest BCUT2D eigenvalue weighted by molar-refractivity contribution is 5.78. The van der Waals surface area contributed by atoms with E-state index in [2.05, 4.69) is 11.3 Å². The van der Waals surface area contributed by atoms with Gasteiger partial charge in [0.1, 0.15) is 0 Å². The van der Waals surface area contributed by atoms with E-state index in [1.54, 1.807) is 18.0 Å². The number of carbonyl (C=O) groups excluding carboxylic acids is 2. The van der Waals surface area contributed by atoms with Gasteiger partial charge in [0.25, 0.3) is 0 Å². The lowest BCUT2D eigenvalue weighted by atomic mass is 10.4. The Labute approximate surface area is 84.5 Å². The molecular formula is C10H17NO3. The van der Waals surface area contributed by atoms with Crippen LogP contribution in [0.2, 0.25) is 0 Å². The van der Waals surface area contributed by atoms with Crippen molar-refractivity contribution < 1.29 is 14.3 Å². The molecular weight excluding hydrogens is 182 g/mol. The summed E-state index contributed by atoms with van der Waals surface area (Å²) in [6.07, 6.45) is 3.28. The number of esters is 1. The van der Waals surface area contributed by atoms with Gasteiger partial charge in [0.15, 0.2) is 0 Å². The normalized spacial score (nSPS) is 14.4. The molecule has 1 heterocycles. The first-order valence-corrected chi connectivity index (χ1v) is 4.67. The van der Waals surface area contributed by atoms with Crippen LogP contribution in [0.5, 0.6) is 0 Å². The van der Waals surface area contributed by atoms with Crippen molar-refractivity contribution in [1.82, 2.24) is 4.90 Å². The Hall–Kier alpha value is -1.32. The van der Waals surface area contributed by atoms with Crippen molar-refractivity contribution in [2.75, 3.05) is 13.2 Å². The van der Waals surface area contributed by atoms with E-state index >= 15 is 0 Å². The third-order valence-corrected chi connectivity index (χ3v) is 1.68. The standard InChI is InChI=1S/C6H9NO.C4H8O2/c1-2-7-5-3-4-6(7)8;1-3-6-4(2)5/h2H,1,3-5H2;3H2,1-2H3. The topological polar surface area (TPSA) is 46.6 Å². The Morgan fingerprint density at radius 3 is 2.50 bits per heavy atom. The minimum Gasteiger partial charge on any atom is -0.466 e. The summed E-state index contributed by atoms with van der Waals surface area (Å²) in [6.45, 7) is 8.01. The molecule has 1 amide bonds. The number of hydrogen-bond acceptors (Lipinski definition) is 3. The zero-order chi connectivity index (χ0) is 11.0. The van der Waals surface area contributed by atoms with Gasteiger partial charge in [0.05, 0.1) is 6.61 Å². The van der Waals surface area contributed by atoms with Gasteiger partial charge in [-0.1, -0.05) is 6.58 Å². The zero-order valence-corrected chi connectivity index (χ0v) is 8.78. The summed E-state index contributed by atoms with van der Waals surface area (Å²) < 4.78 is 4.40. The van der Waals surface area contributed by atoms with Crippen molar-refractivity contribution in [3.63, 3.8) is 0 Å². The lowest BCUT2D eigenvalue weighted by molar-refractivity contribution is -0.140. The second kappa shape index (κ2) is 7.12. The van der Waals surface area contributed by atoms with E-state index in [0.29, 0.717) is 13.0 Å². The summed E-state index contributed by atoms with van der Waals surface area (Å²) in [7, 11) is 0. The molecule has 0 bridgehead atoms. The molecule has 0 N–H and O–H groups in total. The predicted molar refractivity (Wildman–Crippen MR) is 53.5 cm³/mol. The highest BCUT2D eigenvalue weighted by atomic mass is 16.5.